The topological polar surface area (TPSA) is 231 Å². The maximum absolute atomic E-state index is 13.1. The standard InChI is InChI=1S/C109H186O16P2/c1-4-7-10-13-16-19-22-25-28-31-34-37-40-42-44-46-48-50-51-53-55-56-58-60-63-65-68-71-74-77-80-83-86-89-92-95-107(112)119-98-104(110)99-121-126(115,116)122-100-105(111)101-123-127(117,118)124-103-106(125-109(114)97-94-91-88-85-82-79-76-73-70-67-62-39-36-33-30-27-24-21-18-15-12-9-6-3)102-120-108(113)96-93-90-87-84-81-78-75-72-69-66-64-61-59-57-54-52-49-47-45-43-41-38-35-32-29-26-23-20-17-14-11-8-5-2/h8-9,11-12,16-21,25-30,34-39,42-45,49,52,67,70,104-106,110-111H,4-7,10,13-15,22-24,31-33,40-41,46-48,50-51,53-66,68-69,71-103H2,1-3H3,(H,115,116)(H,117,118)/b11-8-,12-9-,19-16-,20-17-,21-18-,28-25-,29-26-,30-27-,37-34-,38-35-,39-36-,44-42-,45-43-,52-49-,70-67-. The van der Waals surface area contributed by atoms with Gasteiger partial charge in [-0.1, -0.05) is 434 Å². The SMILES string of the molecule is CC/C=C\C/C=C\C/C=C\C/C=C\C/C=C\C/C=C\CCCCCCCCCCCCCCCCC(=O)OCC(COP(=O)(O)OCC(O)COP(=O)(O)OCC(O)COC(=O)CCCCCCCCCCCCCCCCCCCCC/C=C\C/C=C\C/C=C\C/C=C\CCCCC)OC(=O)CCCCCCCCC/C=C\C/C=C\C/C=C\C/C=C\C/C=C\CC. The fourth-order valence-electron chi connectivity index (χ4n) is 13.9. The van der Waals surface area contributed by atoms with E-state index in [9.17, 15) is 43.5 Å². The second-order valence-electron chi connectivity index (χ2n) is 33.9. The highest BCUT2D eigenvalue weighted by Gasteiger charge is 2.30. The molecule has 0 fully saturated rings. The highest BCUT2D eigenvalue weighted by molar-refractivity contribution is 7.47. The van der Waals surface area contributed by atoms with Crippen LogP contribution in [-0.4, -0.2) is 95.9 Å². The van der Waals surface area contributed by atoms with Gasteiger partial charge in [-0.15, -0.1) is 0 Å². The van der Waals surface area contributed by atoms with Gasteiger partial charge in [-0.3, -0.25) is 32.5 Å². The second kappa shape index (κ2) is 99.7. The Hall–Kier alpha value is -5.35. The minimum atomic E-state index is -4.95. The molecule has 0 radical (unpaired) electrons. The zero-order valence-electron chi connectivity index (χ0n) is 80.6. The van der Waals surface area contributed by atoms with E-state index in [0.717, 1.165) is 186 Å². The van der Waals surface area contributed by atoms with Crippen molar-refractivity contribution in [1.82, 2.24) is 0 Å². The van der Waals surface area contributed by atoms with Gasteiger partial charge in [-0.2, -0.15) is 0 Å². The first kappa shape index (κ1) is 122. The maximum Gasteiger partial charge on any atom is 0.472 e. The summed E-state index contributed by atoms with van der Waals surface area (Å²) in [5.74, 6) is -1.58. The van der Waals surface area contributed by atoms with Gasteiger partial charge in [-0.05, 0) is 161 Å². The number of unbranched alkanes of at least 4 members (excludes halogenated alkanes) is 43. The van der Waals surface area contributed by atoms with E-state index in [4.69, 9.17) is 32.3 Å². The van der Waals surface area contributed by atoms with Crippen LogP contribution in [0.4, 0.5) is 0 Å². The van der Waals surface area contributed by atoms with Crippen molar-refractivity contribution < 1.29 is 75.8 Å². The van der Waals surface area contributed by atoms with Gasteiger partial charge in [-0.25, -0.2) is 9.13 Å². The minimum Gasteiger partial charge on any atom is -0.463 e. The Morgan fingerprint density at radius 3 is 0.661 bits per heavy atom. The van der Waals surface area contributed by atoms with Crippen LogP contribution in [0.1, 0.15) is 432 Å². The lowest BCUT2D eigenvalue weighted by atomic mass is 10.0. The number of rotatable bonds is 96. The Balaban J connectivity index is 4.56. The normalized spacial score (nSPS) is 14.4. The van der Waals surface area contributed by atoms with Crippen molar-refractivity contribution in [3.8, 4) is 0 Å². The van der Waals surface area contributed by atoms with Crippen molar-refractivity contribution in [2.24, 2.45) is 0 Å². The average molecular weight is 1810 g/mol. The molecule has 0 aromatic carbocycles. The zero-order valence-corrected chi connectivity index (χ0v) is 82.4. The Bertz CT molecular complexity index is 3040. The molecule has 0 saturated carbocycles. The summed E-state index contributed by atoms with van der Waals surface area (Å²) >= 11 is 0. The fourth-order valence-corrected chi connectivity index (χ4v) is 15.5. The number of phosphoric ester groups is 2. The first-order valence-electron chi connectivity index (χ1n) is 51.1. The molecule has 0 heterocycles. The molecule has 0 bridgehead atoms. The van der Waals surface area contributed by atoms with Crippen molar-refractivity contribution in [3.05, 3.63) is 182 Å². The van der Waals surface area contributed by atoms with Crippen LogP contribution in [0.25, 0.3) is 0 Å². The monoisotopic (exact) mass is 1810 g/mol. The van der Waals surface area contributed by atoms with Gasteiger partial charge in [0.15, 0.2) is 6.10 Å². The van der Waals surface area contributed by atoms with E-state index >= 15 is 0 Å². The van der Waals surface area contributed by atoms with E-state index in [2.05, 4.69) is 203 Å². The van der Waals surface area contributed by atoms with Gasteiger partial charge in [0.25, 0.3) is 0 Å². The van der Waals surface area contributed by atoms with Gasteiger partial charge >= 0.3 is 33.6 Å². The smallest absolute Gasteiger partial charge is 0.463 e. The summed E-state index contributed by atoms with van der Waals surface area (Å²) in [5.41, 5.74) is 0. The van der Waals surface area contributed by atoms with E-state index in [1.165, 1.54) is 186 Å². The molecule has 4 N–H and O–H groups in total. The molecule has 127 heavy (non-hydrogen) atoms. The van der Waals surface area contributed by atoms with Crippen LogP contribution in [0.15, 0.2) is 182 Å². The number of esters is 3. The molecule has 0 aliphatic rings. The van der Waals surface area contributed by atoms with Crippen molar-refractivity contribution >= 4 is 33.6 Å². The van der Waals surface area contributed by atoms with Gasteiger partial charge in [0.1, 0.15) is 25.4 Å². The van der Waals surface area contributed by atoms with Crippen molar-refractivity contribution in [3.63, 3.8) is 0 Å². The predicted molar refractivity (Wildman–Crippen MR) is 537 cm³/mol. The van der Waals surface area contributed by atoms with Crippen molar-refractivity contribution in [2.75, 3.05) is 39.6 Å². The predicted octanol–water partition coefficient (Wildman–Crippen LogP) is 32.3. The number of carbonyl (C=O) groups excluding carboxylic acids is 3. The number of hydrogen-bond donors (Lipinski definition) is 4. The highest BCUT2D eigenvalue weighted by atomic mass is 31.2. The molecule has 728 valence electrons. The first-order chi connectivity index (χ1) is 62.2. The van der Waals surface area contributed by atoms with E-state index in [1.54, 1.807) is 0 Å². The van der Waals surface area contributed by atoms with Crippen LogP contribution in [0.5, 0.6) is 0 Å². The Morgan fingerprint density at radius 2 is 0.417 bits per heavy atom. The number of aliphatic hydroxyl groups excluding tert-OH is 2. The number of aliphatic hydroxyl groups is 2. The summed E-state index contributed by atoms with van der Waals surface area (Å²) in [6.45, 7) is 2.48. The largest absolute Gasteiger partial charge is 0.472 e. The molecule has 0 aliphatic heterocycles. The van der Waals surface area contributed by atoms with Crippen molar-refractivity contribution in [2.45, 2.75) is 450 Å². The van der Waals surface area contributed by atoms with E-state index in [0.29, 0.717) is 19.3 Å². The number of allylic oxidation sites excluding steroid dienone is 30. The lowest BCUT2D eigenvalue weighted by Crippen LogP contribution is -2.30. The molecule has 0 saturated heterocycles. The molecule has 16 nitrogen and oxygen atoms in total. The molecule has 0 aromatic heterocycles. The quantitative estimate of drug-likeness (QED) is 0.0146. The summed E-state index contributed by atoms with van der Waals surface area (Å²) in [4.78, 5) is 59.2. The molecule has 18 heteroatoms. The zero-order chi connectivity index (χ0) is 92.1. The highest BCUT2D eigenvalue weighted by Crippen LogP contribution is 2.45. The third-order valence-corrected chi connectivity index (χ3v) is 23.5. The summed E-state index contributed by atoms with van der Waals surface area (Å²) in [6, 6.07) is 0. The number of hydrogen-bond acceptors (Lipinski definition) is 14. The molecular formula is C109H186O16P2. The first-order valence-corrected chi connectivity index (χ1v) is 54.1. The molecular weight excluding hydrogens is 1630 g/mol. The third-order valence-electron chi connectivity index (χ3n) is 21.6. The summed E-state index contributed by atoms with van der Waals surface area (Å²) in [7, 11) is -9.82. The van der Waals surface area contributed by atoms with Crippen LogP contribution < -0.4 is 0 Å². The summed E-state index contributed by atoms with van der Waals surface area (Å²) < 4.78 is 61.7. The molecule has 0 rings (SSSR count). The van der Waals surface area contributed by atoms with E-state index < -0.39 is 91.5 Å². The average Bonchev–Trinajstić information content (AvgIpc) is 0.900. The molecule has 0 aromatic rings. The van der Waals surface area contributed by atoms with Crippen LogP contribution in [0, 0.1) is 0 Å². The van der Waals surface area contributed by atoms with Crippen LogP contribution >= 0.6 is 15.6 Å². The lowest BCUT2D eigenvalue weighted by molar-refractivity contribution is -0.161. The number of phosphoric acid groups is 2. The van der Waals surface area contributed by atoms with Gasteiger partial charge in [0.2, 0.25) is 0 Å². The summed E-state index contributed by atoms with van der Waals surface area (Å²) in [5, 5.41) is 20.8. The fraction of sp³-hybridized carbons (Fsp3) is 0.697. The van der Waals surface area contributed by atoms with Gasteiger partial charge in [0.05, 0.1) is 26.4 Å². The number of ether oxygens (including phenoxy) is 3. The molecule has 5 atom stereocenters. The molecule has 5 unspecified atom stereocenters. The molecule has 0 amide bonds. The van der Waals surface area contributed by atoms with Gasteiger partial charge < -0.3 is 34.2 Å². The number of carbonyl (C=O) groups is 3. The lowest BCUT2D eigenvalue weighted by Gasteiger charge is -2.21. The Labute approximate surface area is 776 Å². The van der Waals surface area contributed by atoms with Crippen LogP contribution in [-0.2, 0) is 55.8 Å². The molecule has 0 aliphatic carbocycles. The van der Waals surface area contributed by atoms with Gasteiger partial charge in [0, 0.05) is 19.3 Å². The summed E-state index contributed by atoms with van der Waals surface area (Å²) in [6.07, 6.45) is 132. The maximum atomic E-state index is 13.1. The van der Waals surface area contributed by atoms with Crippen molar-refractivity contribution in [1.29, 1.82) is 0 Å². The van der Waals surface area contributed by atoms with Crippen LogP contribution in [0.2, 0.25) is 0 Å². The van der Waals surface area contributed by atoms with Crippen LogP contribution in [0.3, 0.4) is 0 Å². The minimum absolute atomic E-state index is 0.0874. The third kappa shape index (κ3) is 101. The molecule has 0 spiro atoms. The Morgan fingerprint density at radius 1 is 0.228 bits per heavy atom. The Kier molecular flexibility index (Phi) is 95.5. The van der Waals surface area contributed by atoms with E-state index in [1.807, 2.05) is 0 Å². The second-order valence-corrected chi connectivity index (χ2v) is 36.8. The van der Waals surface area contributed by atoms with E-state index in [-0.39, 0.29) is 19.3 Å².